The molecule has 0 aliphatic carbocycles. The van der Waals surface area contributed by atoms with Crippen LogP contribution in [0.2, 0.25) is 0 Å². The van der Waals surface area contributed by atoms with E-state index in [0.29, 0.717) is 69.2 Å². The molecule has 0 saturated carbocycles. The molecule has 5 aliphatic rings. The van der Waals surface area contributed by atoms with Crippen molar-refractivity contribution in [3.8, 4) is 34.8 Å². The molecule has 48 heavy (non-hydrogen) atoms. The Morgan fingerprint density at radius 3 is 2.38 bits per heavy atom. The predicted octanol–water partition coefficient (Wildman–Crippen LogP) is 3.74. The molecule has 5 atom stereocenters. The molecule has 8 rings (SSSR count). The molecule has 2 unspecified atom stereocenters. The molecule has 0 spiro atoms. The lowest BCUT2D eigenvalue weighted by Crippen LogP contribution is -2.68. The lowest BCUT2D eigenvalue weighted by Gasteiger charge is -2.60. The minimum atomic E-state index is -0.745. The van der Waals surface area contributed by atoms with E-state index in [-0.39, 0.29) is 25.1 Å². The summed E-state index contributed by atoms with van der Waals surface area (Å²) in [6, 6.07) is 8.71. The summed E-state index contributed by atoms with van der Waals surface area (Å²) in [5.74, 6) is 0.250. The number of aromatic hydroxyl groups is 1. The average molecular weight is 651 g/mol. The van der Waals surface area contributed by atoms with Crippen molar-refractivity contribution >= 4 is 17.8 Å². The van der Waals surface area contributed by atoms with Gasteiger partial charge in [-0.15, -0.1) is 0 Å². The van der Waals surface area contributed by atoms with E-state index in [1.165, 1.54) is 18.9 Å². The van der Waals surface area contributed by atoms with Crippen LogP contribution < -0.4 is 18.9 Å². The molecule has 3 aromatic rings. The minimum Gasteiger partial charge on any atom is -0.504 e. The number of carbonyl (C=O) groups is 3. The van der Waals surface area contributed by atoms with Gasteiger partial charge in [-0.1, -0.05) is 18.2 Å². The number of likely N-dealkylation sites (N-methyl/N-ethyl adjacent to an activating group) is 1. The first kappa shape index (κ1) is 30.2. The number of hydrogen-bond acceptors (Lipinski definition) is 11. The number of aryl methyl sites for hydroxylation is 1. The smallest absolute Gasteiger partial charge is 0.308 e. The highest BCUT2D eigenvalue weighted by Gasteiger charge is 2.57. The van der Waals surface area contributed by atoms with Crippen molar-refractivity contribution in [3.05, 3.63) is 74.8 Å². The van der Waals surface area contributed by atoms with Crippen molar-refractivity contribution in [2.75, 3.05) is 27.5 Å². The fraction of sp³-hybridized carbons (Fsp3) is 0.389. The number of esters is 1. The van der Waals surface area contributed by atoms with E-state index in [9.17, 15) is 24.8 Å². The third-order valence-electron chi connectivity index (χ3n) is 10.7. The van der Waals surface area contributed by atoms with Crippen LogP contribution in [-0.4, -0.2) is 83.2 Å². The zero-order valence-corrected chi connectivity index (χ0v) is 27.2. The van der Waals surface area contributed by atoms with Gasteiger partial charge < -0.3 is 24.1 Å². The molecule has 0 radical (unpaired) electrons. The van der Waals surface area contributed by atoms with E-state index in [0.717, 1.165) is 11.1 Å². The van der Waals surface area contributed by atoms with E-state index in [1.807, 2.05) is 20.0 Å². The van der Waals surface area contributed by atoms with E-state index in [4.69, 9.17) is 18.9 Å². The molecule has 3 aromatic carbocycles. The Balaban J connectivity index is 1.38. The number of hydrogen-bond donors (Lipinski definition) is 1. The molecule has 1 fully saturated rings. The van der Waals surface area contributed by atoms with Gasteiger partial charge in [0, 0.05) is 47.8 Å². The molecule has 5 heterocycles. The number of amides is 2. The summed E-state index contributed by atoms with van der Waals surface area (Å²) in [6.45, 7) is 4.86. The van der Waals surface area contributed by atoms with E-state index >= 15 is 0 Å². The normalized spacial score (nSPS) is 25.2. The average Bonchev–Trinajstić information content (AvgIpc) is 3.64. The summed E-state index contributed by atoms with van der Waals surface area (Å²) < 4.78 is 23.6. The van der Waals surface area contributed by atoms with Crippen LogP contribution in [0.5, 0.6) is 28.7 Å². The van der Waals surface area contributed by atoms with Gasteiger partial charge in [-0.2, -0.15) is 5.26 Å². The highest BCUT2D eigenvalue weighted by molar-refractivity contribution is 6.21. The Morgan fingerprint density at radius 1 is 1.04 bits per heavy atom. The minimum absolute atomic E-state index is 0.0444. The zero-order chi connectivity index (χ0) is 33.8. The quantitative estimate of drug-likeness (QED) is 0.251. The Kier molecular flexibility index (Phi) is 6.74. The molecule has 12 nitrogen and oxygen atoms in total. The predicted molar refractivity (Wildman–Crippen MR) is 169 cm³/mol. The molecular formula is C36H34N4O8. The topological polar surface area (TPSA) is 142 Å². The summed E-state index contributed by atoms with van der Waals surface area (Å²) in [5.41, 5.74) is 4.94. The van der Waals surface area contributed by atoms with Gasteiger partial charge in [-0.3, -0.25) is 29.1 Å². The van der Waals surface area contributed by atoms with Crippen LogP contribution in [0, 0.1) is 25.2 Å². The largest absolute Gasteiger partial charge is 0.504 e. The monoisotopic (exact) mass is 650 g/mol. The molecule has 1 N–H and O–H groups in total. The zero-order valence-electron chi connectivity index (χ0n) is 27.2. The number of nitrogens with zero attached hydrogens (tertiary/aromatic N) is 4. The van der Waals surface area contributed by atoms with Crippen molar-refractivity contribution < 1.29 is 38.4 Å². The second-order valence-corrected chi connectivity index (χ2v) is 13.1. The van der Waals surface area contributed by atoms with Crippen LogP contribution in [0.3, 0.4) is 0 Å². The number of nitriles is 1. The first-order valence-corrected chi connectivity index (χ1v) is 15.9. The van der Waals surface area contributed by atoms with Crippen LogP contribution in [-0.2, 0) is 17.6 Å². The van der Waals surface area contributed by atoms with Crippen molar-refractivity contribution in [2.24, 2.45) is 0 Å². The highest BCUT2D eigenvalue weighted by Crippen LogP contribution is 2.58. The van der Waals surface area contributed by atoms with Gasteiger partial charge in [0.15, 0.2) is 23.0 Å². The number of methoxy groups -OCH3 is 1. The summed E-state index contributed by atoms with van der Waals surface area (Å²) in [5, 5.41) is 22.6. The number of benzene rings is 3. The fourth-order valence-corrected chi connectivity index (χ4v) is 8.87. The SMILES string of the molecule is COc1c(C)cc2c(c1O)[C@@H]1C3Cc4c(OC(C)=O)c(C)c5c(c4[C@H](CN4C(=O)c6ccccc6C4=O)N3[C@@H](C#N)C(C2)N1C)OCO5. The highest BCUT2D eigenvalue weighted by atomic mass is 16.7. The third kappa shape index (κ3) is 3.98. The van der Waals surface area contributed by atoms with E-state index in [1.54, 1.807) is 31.2 Å². The molecule has 2 amide bonds. The number of rotatable bonds is 4. The molecule has 1 saturated heterocycles. The van der Waals surface area contributed by atoms with Crippen molar-refractivity contribution in [1.29, 1.82) is 5.26 Å². The number of carbonyl (C=O) groups excluding carboxylic acids is 3. The molecule has 12 heteroatoms. The summed E-state index contributed by atoms with van der Waals surface area (Å²) in [6.07, 6.45) is 0.794. The molecule has 2 bridgehead atoms. The van der Waals surface area contributed by atoms with Crippen molar-refractivity contribution in [1.82, 2.24) is 14.7 Å². The van der Waals surface area contributed by atoms with Crippen molar-refractivity contribution in [3.63, 3.8) is 0 Å². The lowest BCUT2D eigenvalue weighted by atomic mass is 9.71. The first-order valence-electron chi connectivity index (χ1n) is 15.9. The standard InChI is InChI=1S/C36H34N4O8/c1-16-10-19-11-23-25(13-37)40-24(29(38(23)4)27(19)30(42)31(16)45-5)12-22-28(34-33(46-15-47-34)17(2)32(22)48-18(3)41)26(40)14-39-35(43)20-8-6-7-9-21(20)36(39)44/h6-10,23-26,29,42H,11-12,14-15H2,1-5H3/t23?,24?,25-,26-,29-/m0/s1. The Morgan fingerprint density at radius 2 is 1.73 bits per heavy atom. The van der Waals surface area contributed by atoms with E-state index in [2.05, 4.69) is 15.9 Å². The second-order valence-electron chi connectivity index (χ2n) is 13.1. The third-order valence-corrected chi connectivity index (χ3v) is 10.7. The van der Waals surface area contributed by atoms with Crippen molar-refractivity contribution in [2.45, 2.75) is 63.8 Å². The van der Waals surface area contributed by atoms with E-state index < -0.39 is 42.0 Å². The van der Waals surface area contributed by atoms with Gasteiger partial charge in [0.1, 0.15) is 11.8 Å². The molecule has 0 aromatic heterocycles. The number of phenolic OH excluding ortho intramolecular Hbond substituents is 1. The number of phenols is 1. The van der Waals surface area contributed by atoms with Crippen LogP contribution in [0.4, 0.5) is 0 Å². The van der Waals surface area contributed by atoms with Gasteiger partial charge in [0.25, 0.3) is 11.8 Å². The van der Waals surface area contributed by atoms with Gasteiger partial charge in [-0.05, 0) is 57.0 Å². The molecule has 5 aliphatic heterocycles. The fourth-order valence-electron chi connectivity index (χ4n) is 8.87. The number of ether oxygens (including phenoxy) is 4. The Bertz CT molecular complexity index is 1970. The first-order chi connectivity index (χ1) is 23.1. The Labute approximate surface area is 276 Å². The van der Waals surface area contributed by atoms with Crippen LogP contribution >= 0.6 is 0 Å². The maximum Gasteiger partial charge on any atom is 0.308 e. The van der Waals surface area contributed by atoms with Crippen LogP contribution in [0.1, 0.15) is 73.1 Å². The van der Waals surface area contributed by atoms with Gasteiger partial charge in [-0.25, -0.2) is 0 Å². The van der Waals surface area contributed by atoms with Crippen LogP contribution in [0.25, 0.3) is 0 Å². The van der Waals surface area contributed by atoms with Gasteiger partial charge in [0.05, 0.1) is 36.4 Å². The number of piperazine rings is 1. The number of fused-ring (bicyclic) bond motifs is 10. The number of imide groups is 1. The lowest BCUT2D eigenvalue weighted by molar-refractivity contribution is -0.132. The molecular weight excluding hydrogens is 616 g/mol. The summed E-state index contributed by atoms with van der Waals surface area (Å²) in [7, 11) is 3.48. The second kappa shape index (κ2) is 10.7. The molecule has 246 valence electrons. The van der Waals surface area contributed by atoms with Gasteiger partial charge >= 0.3 is 5.97 Å². The summed E-state index contributed by atoms with van der Waals surface area (Å²) in [4.78, 5) is 45.6. The van der Waals surface area contributed by atoms with Crippen LogP contribution in [0.15, 0.2) is 30.3 Å². The van der Waals surface area contributed by atoms with Gasteiger partial charge in [0.2, 0.25) is 6.79 Å². The maximum absolute atomic E-state index is 13.8. The Hall–Kier alpha value is -5.12. The maximum atomic E-state index is 13.8. The summed E-state index contributed by atoms with van der Waals surface area (Å²) >= 11 is 0.